The van der Waals surface area contributed by atoms with E-state index in [-0.39, 0.29) is 36.1 Å². The zero-order chi connectivity index (χ0) is 25.2. The molecular weight excluding hydrogens is 511 g/mol. The van der Waals surface area contributed by atoms with Gasteiger partial charge in [0.1, 0.15) is 17.1 Å². The van der Waals surface area contributed by atoms with Crippen molar-refractivity contribution in [3.63, 3.8) is 0 Å². The van der Waals surface area contributed by atoms with Crippen molar-refractivity contribution in [2.75, 3.05) is 18.4 Å². The van der Waals surface area contributed by atoms with Crippen molar-refractivity contribution < 1.29 is 18.7 Å². The number of amides is 1. The van der Waals surface area contributed by atoms with E-state index in [1.54, 1.807) is 6.07 Å². The number of piperidine rings is 1. The molecule has 1 amide bonds. The number of fused-ring (bicyclic) bond motifs is 1. The van der Waals surface area contributed by atoms with Crippen LogP contribution in [0.15, 0.2) is 63.4 Å². The van der Waals surface area contributed by atoms with Crippen LogP contribution < -0.4 is 5.32 Å². The van der Waals surface area contributed by atoms with Crippen LogP contribution in [0.3, 0.4) is 0 Å². The molecule has 2 N–H and O–H groups in total. The first-order valence-corrected chi connectivity index (χ1v) is 12.8. The van der Waals surface area contributed by atoms with Crippen LogP contribution in [0.5, 0.6) is 0 Å². The van der Waals surface area contributed by atoms with E-state index in [2.05, 4.69) is 24.1 Å². The van der Waals surface area contributed by atoms with E-state index in [0.29, 0.717) is 22.9 Å². The van der Waals surface area contributed by atoms with Crippen LogP contribution in [0.25, 0.3) is 11.0 Å². The minimum absolute atomic E-state index is 0. The molecule has 1 aliphatic heterocycles. The number of aliphatic hydroxyl groups excluding tert-OH is 1. The van der Waals surface area contributed by atoms with Gasteiger partial charge >= 0.3 is 0 Å². The minimum Gasteiger partial charge on any atom is -0.461 e. The molecule has 0 spiro atoms. The van der Waals surface area contributed by atoms with Gasteiger partial charge in [-0.3, -0.25) is 9.69 Å². The maximum Gasteiger partial charge on any atom is 0.291 e. The normalized spacial score (nSPS) is 14.7. The van der Waals surface area contributed by atoms with E-state index < -0.39 is 0 Å². The molecule has 3 heterocycles. The van der Waals surface area contributed by atoms with Gasteiger partial charge in [-0.1, -0.05) is 37.6 Å². The van der Waals surface area contributed by atoms with Gasteiger partial charge in [0, 0.05) is 53.6 Å². The number of nitrogens with zero attached hydrogens (tertiary/aromatic N) is 1. The van der Waals surface area contributed by atoms with Crippen LogP contribution in [0.1, 0.15) is 65.8 Å². The third kappa shape index (κ3) is 6.57. The highest BCUT2D eigenvalue weighted by Gasteiger charge is 2.18. The Labute approximate surface area is 228 Å². The van der Waals surface area contributed by atoms with Crippen molar-refractivity contribution in [2.45, 2.75) is 51.7 Å². The molecular formula is C29H32Cl2N2O4. The first kappa shape index (κ1) is 27.3. The average Bonchev–Trinajstić information content (AvgIpc) is 3.49. The summed E-state index contributed by atoms with van der Waals surface area (Å²) < 4.78 is 12.0. The predicted molar refractivity (Wildman–Crippen MR) is 149 cm³/mol. The summed E-state index contributed by atoms with van der Waals surface area (Å²) in [6.45, 7) is 6.82. The topological polar surface area (TPSA) is 78.9 Å². The van der Waals surface area contributed by atoms with E-state index in [0.717, 1.165) is 54.8 Å². The number of furan rings is 2. The monoisotopic (exact) mass is 542 g/mol. The molecule has 37 heavy (non-hydrogen) atoms. The van der Waals surface area contributed by atoms with Crippen molar-refractivity contribution in [3.8, 4) is 0 Å². The highest BCUT2D eigenvalue weighted by atomic mass is 35.5. The molecule has 1 fully saturated rings. The largest absolute Gasteiger partial charge is 0.461 e. The van der Waals surface area contributed by atoms with Gasteiger partial charge in [0.25, 0.3) is 5.91 Å². The first-order valence-electron chi connectivity index (χ1n) is 12.5. The SMILES string of the molecule is CC(C)c1cc2cc(Cl)cc(Cc3ccc(C(=O)Nc4ccc(CN5CCC(O)CC5)cc4)o3)c2o1.Cl. The fourth-order valence-electron chi connectivity index (χ4n) is 4.63. The number of likely N-dealkylation sites (tertiary alicyclic amines) is 1. The van der Waals surface area contributed by atoms with Crippen LogP contribution in [-0.4, -0.2) is 35.1 Å². The van der Waals surface area contributed by atoms with Gasteiger partial charge in [-0.25, -0.2) is 0 Å². The number of hydrogen-bond donors (Lipinski definition) is 2. The summed E-state index contributed by atoms with van der Waals surface area (Å²) in [6.07, 6.45) is 1.94. The summed E-state index contributed by atoms with van der Waals surface area (Å²) >= 11 is 6.35. The standard InChI is InChI=1S/C29H31ClN2O4.ClH/c1-18(2)27-16-21-14-22(30)13-20(28(21)36-27)15-25-7-8-26(35-25)29(34)31-23-5-3-19(4-6-23)17-32-11-9-24(33)10-12-32;/h3-8,13-14,16,18,24,33H,9-12,15,17H2,1-2H3,(H,31,34);1H. The summed E-state index contributed by atoms with van der Waals surface area (Å²) in [5.41, 5.74) is 3.61. The Morgan fingerprint density at radius 1 is 1.08 bits per heavy atom. The van der Waals surface area contributed by atoms with Gasteiger partial charge in [0.05, 0.1) is 6.10 Å². The second-order valence-corrected chi connectivity index (χ2v) is 10.3. The minimum atomic E-state index is -0.296. The highest BCUT2D eigenvalue weighted by molar-refractivity contribution is 6.31. The van der Waals surface area contributed by atoms with Crippen LogP contribution in [0.4, 0.5) is 5.69 Å². The summed E-state index contributed by atoms with van der Waals surface area (Å²) in [7, 11) is 0. The molecule has 0 saturated carbocycles. The van der Waals surface area contributed by atoms with Crippen molar-refractivity contribution >= 4 is 46.6 Å². The second kappa shape index (κ2) is 11.7. The van der Waals surface area contributed by atoms with Crippen molar-refractivity contribution in [1.82, 2.24) is 4.90 Å². The molecule has 196 valence electrons. The number of hydrogen-bond acceptors (Lipinski definition) is 5. The fourth-order valence-corrected chi connectivity index (χ4v) is 4.87. The number of anilines is 1. The fraction of sp³-hybridized carbons (Fsp3) is 0.345. The Hall–Kier alpha value is -2.77. The van der Waals surface area contributed by atoms with E-state index in [1.807, 2.05) is 48.5 Å². The van der Waals surface area contributed by atoms with Gasteiger partial charge in [0.2, 0.25) is 0 Å². The Morgan fingerprint density at radius 2 is 1.81 bits per heavy atom. The van der Waals surface area contributed by atoms with Gasteiger partial charge in [-0.2, -0.15) is 0 Å². The third-order valence-electron chi connectivity index (χ3n) is 6.67. The van der Waals surface area contributed by atoms with Crippen molar-refractivity contribution in [2.24, 2.45) is 0 Å². The first-order chi connectivity index (χ1) is 17.3. The van der Waals surface area contributed by atoms with E-state index in [4.69, 9.17) is 20.4 Å². The number of carbonyl (C=O) groups excluding carboxylic acids is 1. The summed E-state index contributed by atoms with van der Waals surface area (Å²) in [5.74, 6) is 1.80. The molecule has 0 atom stereocenters. The highest BCUT2D eigenvalue weighted by Crippen LogP contribution is 2.32. The summed E-state index contributed by atoms with van der Waals surface area (Å²) in [4.78, 5) is 15.1. The smallest absolute Gasteiger partial charge is 0.291 e. The maximum absolute atomic E-state index is 12.8. The second-order valence-electron chi connectivity index (χ2n) is 9.89. The Balaban J connectivity index is 0.00000320. The Bertz CT molecular complexity index is 1350. The molecule has 2 aromatic carbocycles. The van der Waals surface area contributed by atoms with Crippen molar-refractivity contribution in [3.05, 3.63) is 88.0 Å². The molecule has 0 unspecified atom stereocenters. The molecule has 1 saturated heterocycles. The van der Waals surface area contributed by atoms with E-state index in [9.17, 15) is 9.90 Å². The zero-order valence-corrected chi connectivity index (χ0v) is 22.6. The summed E-state index contributed by atoms with van der Waals surface area (Å²) in [6, 6.07) is 17.2. The number of halogens is 2. The number of rotatable bonds is 7. The summed E-state index contributed by atoms with van der Waals surface area (Å²) in [5, 5.41) is 14.2. The lowest BCUT2D eigenvalue weighted by Crippen LogP contribution is -2.35. The quantitative estimate of drug-likeness (QED) is 0.262. The molecule has 5 rings (SSSR count). The molecule has 6 nitrogen and oxygen atoms in total. The van der Waals surface area contributed by atoms with Crippen LogP contribution in [-0.2, 0) is 13.0 Å². The average molecular weight is 543 g/mol. The predicted octanol–water partition coefficient (Wildman–Crippen LogP) is 7.02. The van der Waals surface area contributed by atoms with Gasteiger partial charge in [-0.05, 0) is 60.9 Å². The maximum atomic E-state index is 12.8. The van der Waals surface area contributed by atoms with Crippen LogP contribution in [0, 0.1) is 0 Å². The van der Waals surface area contributed by atoms with Crippen LogP contribution >= 0.6 is 24.0 Å². The number of nitrogens with one attached hydrogen (secondary N) is 1. The number of aliphatic hydroxyl groups is 1. The molecule has 1 aliphatic rings. The van der Waals surface area contributed by atoms with E-state index in [1.165, 1.54) is 5.56 Å². The molecule has 0 radical (unpaired) electrons. The lowest BCUT2D eigenvalue weighted by atomic mass is 10.1. The van der Waals surface area contributed by atoms with Crippen molar-refractivity contribution in [1.29, 1.82) is 0 Å². The third-order valence-corrected chi connectivity index (χ3v) is 6.89. The lowest BCUT2D eigenvalue weighted by molar-refractivity contribution is 0.0792. The lowest BCUT2D eigenvalue weighted by Gasteiger charge is -2.29. The molecule has 0 bridgehead atoms. The van der Waals surface area contributed by atoms with Crippen LogP contribution in [0.2, 0.25) is 5.02 Å². The molecule has 8 heteroatoms. The Kier molecular flexibility index (Phi) is 8.65. The van der Waals surface area contributed by atoms with E-state index >= 15 is 0 Å². The number of benzene rings is 2. The molecule has 2 aromatic heterocycles. The van der Waals surface area contributed by atoms with Gasteiger partial charge < -0.3 is 19.3 Å². The zero-order valence-electron chi connectivity index (χ0n) is 21.0. The Morgan fingerprint density at radius 3 is 2.51 bits per heavy atom. The van der Waals surface area contributed by atoms with Gasteiger partial charge in [-0.15, -0.1) is 12.4 Å². The molecule has 0 aliphatic carbocycles. The number of carbonyl (C=O) groups is 1. The van der Waals surface area contributed by atoms with Gasteiger partial charge in [0.15, 0.2) is 5.76 Å². The molecule has 4 aromatic rings.